The first-order valence-electron chi connectivity index (χ1n) is 9.53. The fraction of sp³-hybridized carbons (Fsp3) is 0.364. The minimum Gasteiger partial charge on any atom is -0.493 e. The standard InChI is InChI=1S/C22H28N2O3/c1-4-7-15-27-20-14-9-8-13-19(20)21(25)23-18-12-10-11-17(16-18)22(26)24(5-2)6-3/h8-14,16H,4-7,15H2,1-3H3,(H,23,25). The lowest BCUT2D eigenvalue weighted by Crippen LogP contribution is -2.30. The van der Waals surface area contributed by atoms with Gasteiger partial charge in [0.1, 0.15) is 5.75 Å². The first kappa shape index (κ1) is 20.5. The number of carbonyl (C=O) groups is 2. The maximum atomic E-state index is 12.7. The molecule has 2 aromatic rings. The first-order valence-corrected chi connectivity index (χ1v) is 9.53. The molecule has 0 heterocycles. The van der Waals surface area contributed by atoms with E-state index in [9.17, 15) is 9.59 Å². The predicted molar refractivity (Wildman–Crippen MR) is 108 cm³/mol. The summed E-state index contributed by atoms with van der Waals surface area (Å²) in [4.78, 5) is 27.0. The molecule has 5 nitrogen and oxygen atoms in total. The molecule has 0 aliphatic rings. The zero-order valence-corrected chi connectivity index (χ0v) is 16.3. The average Bonchev–Trinajstić information content (AvgIpc) is 2.69. The van der Waals surface area contributed by atoms with Crippen LogP contribution >= 0.6 is 0 Å². The molecule has 0 unspecified atom stereocenters. The summed E-state index contributed by atoms with van der Waals surface area (Å²) in [5, 5.41) is 2.87. The third kappa shape index (κ3) is 5.58. The number of nitrogens with zero attached hydrogens (tertiary/aromatic N) is 1. The van der Waals surface area contributed by atoms with Gasteiger partial charge in [-0.2, -0.15) is 0 Å². The molecule has 0 fully saturated rings. The predicted octanol–water partition coefficient (Wildman–Crippen LogP) is 4.60. The molecule has 0 aliphatic carbocycles. The van der Waals surface area contributed by atoms with E-state index in [-0.39, 0.29) is 11.8 Å². The summed E-state index contributed by atoms with van der Waals surface area (Å²) in [7, 11) is 0. The van der Waals surface area contributed by atoms with Crippen LogP contribution in [0.2, 0.25) is 0 Å². The summed E-state index contributed by atoms with van der Waals surface area (Å²) < 4.78 is 5.74. The highest BCUT2D eigenvalue weighted by Gasteiger charge is 2.15. The van der Waals surface area contributed by atoms with Crippen molar-refractivity contribution in [3.8, 4) is 5.75 Å². The van der Waals surface area contributed by atoms with Crippen molar-refractivity contribution in [2.24, 2.45) is 0 Å². The summed E-state index contributed by atoms with van der Waals surface area (Å²) in [5.41, 5.74) is 1.62. The molecule has 2 aromatic carbocycles. The van der Waals surface area contributed by atoms with Crippen molar-refractivity contribution in [2.75, 3.05) is 25.0 Å². The van der Waals surface area contributed by atoms with E-state index < -0.39 is 0 Å². The van der Waals surface area contributed by atoms with Crippen molar-refractivity contribution >= 4 is 17.5 Å². The maximum absolute atomic E-state index is 12.7. The molecule has 1 N–H and O–H groups in total. The van der Waals surface area contributed by atoms with Crippen LogP contribution in [0.15, 0.2) is 48.5 Å². The average molecular weight is 368 g/mol. The van der Waals surface area contributed by atoms with Gasteiger partial charge in [-0.15, -0.1) is 0 Å². The summed E-state index contributed by atoms with van der Waals surface area (Å²) in [5.74, 6) is 0.271. The van der Waals surface area contributed by atoms with E-state index in [1.807, 2.05) is 26.0 Å². The lowest BCUT2D eigenvalue weighted by Gasteiger charge is -2.19. The first-order chi connectivity index (χ1) is 13.1. The zero-order valence-electron chi connectivity index (χ0n) is 16.3. The normalized spacial score (nSPS) is 10.3. The topological polar surface area (TPSA) is 58.6 Å². The molecule has 0 aromatic heterocycles. The molecular weight excluding hydrogens is 340 g/mol. The van der Waals surface area contributed by atoms with Gasteiger partial charge < -0.3 is 15.0 Å². The van der Waals surface area contributed by atoms with Gasteiger partial charge in [-0.3, -0.25) is 9.59 Å². The second kappa shape index (κ2) is 10.4. The summed E-state index contributed by atoms with van der Waals surface area (Å²) in [6, 6.07) is 14.2. The molecule has 0 saturated heterocycles. The third-order valence-electron chi connectivity index (χ3n) is 4.31. The van der Waals surface area contributed by atoms with Gasteiger partial charge in [-0.1, -0.05) is 31.5 Å². The van der Waals surface area contributed by atoms with Crippen molar-refractivity contribution in [1.82, 2.24) is 4.90 Å². The van der Waals surface area contributed by atoms with Gasteiger partial charge in [-0.25, -0.2) is 0 Å². The molecule has 144 valence electrons. The molecule has 0 radical (unpaired) electrons. The van der Waals surface area contributed by atoms with Crippen LogP contribution in [0.25, 0.3) is 0 Å². The van der Waals surface area contributed by atoms with Gasteiger partial charge in [0.15, 0.2) is 0 Å². The second-order valence-corrected chi connectivity index (χ2v) is 6.21. The Balaban J connectivity index is 2.15. The number of hydrogen-bond acceptors (Lipinski definition) is 3. The monoisotopic (exact) mass is 368 g/mol. The zero-order chi connectivity index (χ0) is 19.6. The largest absolute Gasteiger partial charge is 0.493 e. The van der Waals surface area contributed by atoms with Crippen LogP contribution in [0.3, 0.4) is 0 Å². The van der Waals surface area contributed by atoms with Crippen molar-refractivity contribution < 1.29 is 14.3 Å². The lowest BCUT2D eigenvalue weighted by atomic mass is 10.1. The van der Waals surface area contributed by atoms with Gasteiger partial charge in [-0.05, 0) is 50.6 Å². The smallest absolute Gasteiger partial charge is 0.259 e. The number of para-hydroxylation sites is 1. The molecule has 0 bridgehead atoms. The Bertz CT molecular complexity index is 770. The summed E-state index contributed by atoms with van der Waals surface area (Å²) in [6.07, 6.45) is 1.97. The number of hydrogen-bond donors (Lipinski definition) is 1. The second-order valence-electron chi connectivity index (χ2n) is 6.21. The Morgan fingerprint density at radius 2 is 1.74 bits per heavy atom. The van der Waals surface area contributed by atoms with Crippen LogP contribution < -0.4 is 10.1 Å². The molecule has 0 aliphatic heterocycles. The van der Waals surface area contributed by atoms with Crippen molar-refractivity contribution in [3.05, 3.63) is 59.7 Å². The number of unbranched alkanes of at least 4 members (excludes halogenated alkanes) is 1. The molecule has 0 spiro atoms. The fourth-order valence-corrected chi connectivity index (χ4v) is 2.73. The number of benzene rings is 2. The van der Waals surface area contributed by atoms with Gasteiger partial charge >= 0.3 is 0 Å². The Labute approximate surface area is 161 Å². The highest BCUT2D eigenvalue weighted by Crippen LogP contribution is 2.21. The fourth-order valence-electron chi connectivity index (χ4n) is 2.73. The van der Waals surface area contributed by atoms with Crippen LogP contribution in [0.5, 0.6) is 5.75 Å². The van der Waals surface area contributed by atoms with Crippen LogP contribution in [0.4, 0.5) is 5.69 Å². The summed E-state index contributed by atoms with van der Waals surface area (Å²) in [6.45, 7) is 7.86. The SMILES string of the molecule is CCCCOc1ccccc1C(=O)Nc1cccc(C(=O)N(CC)CC)c1. The Morgan fingerprint density at radius 1 is 1.00 bits per heavy atom. The van der Waals surface area contributed by atoms with E-state index >= 15 is 0 Å². The number of rotatable bonds is 9. The third-order valence-corrected chi connectivity index (χ3v) is 4.31. The van der Waals surface area contributed by atoms with E-state index in [0.29, 0.717) is 42.3 Å². The minimum atomic E-state index is -0.255. The Kier molecular flexibility index (Phi) is 7.86. The van der Waals surface area contributed by atoms with Gasteiger partial charge in [0.25, 0.3) is 11.8 Å². The maximum Gasteiger partial charge on any atom is 0.259 e. The Hall–Kier alpha value is -2.82. The molecule has 2 rings (SSSR count). The number of ether oxygens (including phenoxy) is 1. The molecule has 27 heavy (non-hydrogen) atoms. The lowest BCUT2D eigenvalue weighted by molar-refractivity contribution is 0.0772. The van der Waals surface area contributed by atoms with Crippen LogP contribution in [0, 0.1) is 0 Å². The van der Waals surface area contributed by atoms with Gasteiger partial charge in [0.2, 0.25) is 0 Å². The van der Waals surface area contributed by atoms with Crippen molar-refractivity contribution in [1.29, 1.82) is 0 Å². The number of carbonyl (C=O) groups excluding carboxylic acids is 2. The quantitative estimate of drug-likeness (QED) is 0.658. The van der Waals surface area contributed by atoms with Gasteiger partial charge in [0, 0.05) is 24.3 Å². The minimum absolute atomic E-state index is 0.0422. The van der Waals surface area contributed by atoms with Crippen LogP contribution in [0.1, 0.15) is 54.3 Å². The molecule has 0 saturated carbocycles. The molecule has 5 heteroatoms. The van der Waals surface area contributed by atoms with E-state index in [2.05, 4.69) is 12.2 Å². The highest BCUT2D eigenvalue weighted by atomic mass is 16.5. The van der Waals surface area contributed by atoms with Crippen LogP contribution in [-0.2, 0) is 0 Å². The molecule has 2 amide bonds. The highest BCUT2D eigenvalue weighted by molar-refractivity contribution is 6.06. The van der Waals surface area contributed by atoms with E-state index in [0.717, 1.165) is 12.8 Å². The van der Waals surface area contributed by atoms with Gasteiger partial charge in [0.05, 0.1) is 12.2 Å². The van der Waals surface area contributed by atoms with Crippen molar-refractivity contribution in [2.45, 2.75) is 33.6 Å². The van der Waals surface area contributed by atoms with Crippen LogP contribution in [-0.4, -0.2) is 36.4 Å². The molecule has 0 atom stereocenters. The Morgan fingerprint density at radius 3 is 2.44 bits per heavy atom. The van der Waals surface area contributed by atoms with Crippen molar-refractivity contribution in [3.63, 3.8) is 0 Å². The summed E-state index contributed by atoms with van der Waals surface area (Å²) >= 11 is 0. The van der Waals surface area contributed by atoms with E-state index in [1.54, 1.807) is 41.3 Å². The number of nitrogens with one attached hydrogen (secondary N) is 1. The van der Waals surface area contributed by atoms with E-state index in [1.165, 1.54) is 0 Å². The number of anilines is 1. The number of amides is 2. The molecular formula is C22H28N2O3. The van der Waals surface area contributed by atoms with E-state index in [4.69, 9.17) is 4.74 Å².